The molecule has 0 atom stereocenters. The number of hydrogen-bond donors (Lipinski definition) is 1. The molecule has 20 heavy (non-hydrogen) atoms. The van der Waals surface area contributed by atoms with Gasteiger partial charge in [0.15, 0.2) is 0 Å². The number of hydrogen-bond acceptors (Lipinski definition) is 4. The zero-order valence-electron chi connectivity index (χ0n) is 12.9. The van der Waals surface area contributed by atoms with Gasteiger partial charge in [0, 0.05) is 44.1 Å². The van der Waals surface area contributed by atoms with Gasteiger partial charge < -0.3 is 15.4 Å². The molecule has 1 aromatic rings. The topological polar surface area (TPSA) is 41.7 Å². The molecule has 0 aliphatic carbocycles. The van der Waals surface area contributed by atoms with Gasteiger partial charge in [-0.2, -0.15) is 0 Å². The monoisotopic (exact) mass is 277 g/mol. The summed E-state index contributed by atoms with van der Waals surface area (Å²) in [5.41, 5.74) is 7.79. The van der Waals surface area contributed by atoms with Crippen LogP contribution in [0.4, 0.5) is 11.4 Å². The molecule has 1 heterocycles. The van der Waals surface area contributed by atoms with Crippen molar-refractivity contribution in [2.24, 2.45) is 0 Å². The number of piperazine rings is 1. The van der Waals surface area contributed by atoms with Crippen LogP contribution in [0.3, 0.4) is 0 Å². The lowest BCUT2D eigenvalue weighted by Crippen LogP contribution is -2.47. The van der Waals surface area contributed by atoms with Gasteiger partial charge in [-0.15, -0.1) is 0 Å². The van der Waals surface area contributed by atoms with Crippen LogP contribution in [-0.4, -0.2) is 49.8 Å². The van der Waals surface area contributed by atoms with E-state index in [1.54, 1.807) is 0 Å². The maximum Gasteiger partial charge on any atom is 0.0600 e. The third-order valence-electron chi connectivity index (χ3n) is 3.57. The first-order valence-electron chi connectivity index (χ1n) is 7.41. The molecule has 0 unspecified atom stereocenters. The molecular weight excluding hydrogens is 250 g/mol. The Labute approximate surface area is 122 Å². The fourth-order valence-corrected chi connectivity index (χ4v) is 2.40. The predicted molar refractivity (Wildman–Crippen MR) is 85.2 cm³/mol. The third-order valence-corrected chi connectivity index (χ3v) is 3.57. The smallest absolute Gasteiger partial charge is 0.0600 e. The fourth-order valence-electron chi connectivity index (χ4n) is 2.40. The van der Waals surface area contributed by atoms with Gasteiger partial charge in [0.25, 0.3) is 0 Å². The van der Waals surface area contributed by atoms with Crippen molar-refractivity contribution in [1.29, 1.82) is 0 Å². The molecule has 0 amide bonds. The van der Waals surface area contributed by atoms with E-state index in [2.05, 4.69) is 42.7 Å². The minimum absolute atomic E-state index is 0.0359. The van der Waals surface area contributed by atoms with E-state index in [0.717, 1.165) is 45.0 Å². The minimum Gasteiger partial charge on any atom is -0.399 e. The molecule has 4 nitrogen and oxygen atoms in total. The van der Waals surface area contributed by atoms with Crippen LogP contribution in [0.1, 0.15) is 20.8 Å². The molecule has 0 aromatic heterocycles. The van der Waals surface area contributed by atoms with Crippen LogP contribution < -0.4 is 10.6 Å². The lowest BCUT2D eigenvalue weighted by Gasteiger charge is -2.36. The standard InChI is InChI=1S/C16H27N3O/c1-16(2,3)20-13-12-18-8-10-19(11-9-18)15-6-4-14(17)5-7-15/h4-7H,8-13,17H2,1-3H3. The highest BCUT2D eigenvalue weighted by atomic mass is 16.5. The van der Waals surface area contributed by atoms with Crippen LogP contribution >= 0.6 is 0 Å². The Hall–Kier alpha value is -1.26. The average molecular weight is 277 g/mol. The molecule has 1 aromatic carbocycles. The Bertz CT molecular complexity index is 403. The van der Waals surface area contributed by atoms with Gasteiger partial charge in [-0.3, -0.25) is 4.90 Å². The molecule has 0 saturated carbocycles. The molecule has 2 rings (SSSR count). The molecular formula is C16H27N3O. The predicted octanol–water partition coefficient (Wildman–Crippen LogP) is 2.21. The second kappa shape index (κ2) is 6.46. The van der Waals surface area contributed by atoms with Crippen molar-refractivity contribution in [2.75, 3.05) is 50.0 Å². The first-order valence-corrected chi connectivity index (χ1v) is 7.41. The van der Waals surface area contributed by atoms with Gasteiger partial charge in [0.2, 0.25) is 0 Å². The number of ether oxygens (including phenoxy) is 1. The summed E-state index contributed by atoms with van der Waals surface area (Å²) < 4.78 is 5.79. The largest absolute Gasteiger partial charge is 0.399 e. The summed E-state index contributed by atoms with van der Waals surface area (Å²) in [6.07, 6.45) is 0. The summed E-state index contributed by atoms with van der Waals surface area (Å²) in [6, 6.07) is 8.15. The summed E-state index contributed by atoms with van der Waals surface area (Å²) in [5.74, 6) is 0. The summed E-state index contributed by atoms with van der Waals surface area (Å²) >= 11 is 0. The van der Waals surface area contributed by atoms with Crippen molar-refractivity contribution in [3.63, 3.8) is 0 Å². The van der Waals surface area contributed by atoms with Gasteiger partial charge in [-0.25, -0.2) is 0 Å². The SMILES string of the molecule is CC(C)(C)OCCN1CCN(c2ccc(N)cc2)CC1. The van der Waals surface area contributed by atoms with Crippen molar-refractivity contribution in [2.45, 2.75) is 26.4 Å². The minimum atomic E-state index is -0.0359. The Morgan fingerprint density at radius 2 is 1.65 bits per heavy atom. The fraction of sp³-hybridized carbons (Fsp3) is 0.625. The second-order valence-electron chi connectivity index (χ2n) is 6.38. The van der Waals surface area contributed by atoms with Crippen LogP contribution in [-0.2, 0) is 4.74 Å². The van der Waals surface area contributed by atoms with Gasteiger partial charge in [0.05, 0.1) is 12.2 Å². The highest BCUT2D eigenvalue weighted by Gasteiger charge is 2.18. The van der Waals surface area contributed by atoms with Gasteiger partial charge in [0.1, 0.15) is 0 Å². The molecule has 1 saturated heterocycles. The Balaban J connectivity index is 1.74. The second-order valence-corrected chi connectivity index (χ2v) is 6.38. The molecule has 1 aliphatic rings. The van der Waals surface area contributed by atoms with Crippen molar-refractivity contribution >= 4 is 11.4 Å². The maximum atomic E-state index is 5.79. The molecule has 4 heteroatoms. The Morgan fingerprint density at radius 1 is 1.05 bits per heavy atom. The van der Waals surface area contributed by atoms with E-state index in [9.17, 15) is 0 Å². The number of nitrogen functional groups attached to an aromatic ring is 1. The molecule has 1 aliphatic heterocycles. The van der Waals surface area contributed by atoms with E-state index in [1.807, 2.05) is 12.1 Å². The molecule has 112 valence electrons. The molecule has 0 radical (unpaired) electrons. The number of nitrogens with two attached hydrogens (primary N) is 1. The summed E-state index contributed by atoms with van der Waals surface area (Å²) in [5, 5.41) is 0. The zero-order chi connectivity index (χ0) is 14.6. The first-order chi connectivity index (χ1) is 9.44. The van der Waals surface area contributed by atoms with E-state index in [1.165, 1.54) is 5.69 Å². The summed E-state index contributed by atoms with van der Waals surface area (Å²) in [7, 11) is 0. The highest BCUT2D eigenvalue weighted by molar-refractivity contribution is 5.53. The summed E-state index contributed by atoms with van der Waals surface area (Å²) in [6.45, 7) is 12.5. The van der Waals surface area contributed by atoms with Gasteiger partial charge in [-0.05, 0) is 45.0 Å². The molecule has 0 spiro atoms. The van der Waals surface area contributed by atoms with Crippen molar-refractivity contribution < 1.29 is 4.74 Å². The average Bonchev–Trinajstić information content (AvgIpc) is 2.39. The van der Waals surface area contributed by atoms with Crippen LogP contribution in [0.2, 0.25) is 0 Å². The van der Waals surface area contributed by atoms with Crippen molar-refractivity contribution in [1.82, 2.24) is 4.90 Å². The van der Waals surface area contributed by atoms with Crippen LogP contribution in [0.25, 0.3) is 0 Å². The number of benzene rings is 1. The van der Waals surface area contributed by atoms with E-state index >= 15 is 0 Å². The lowest BCUT2D eigenvalue weighted by atomic mass is 10.2. The van der Waals surface area contributed by atoms with Gasteiger partial charge in [-0.1, -0.05) is 0 Å². The molecule has 1 fully saturated rings. The lowest BCUT2D eigenvalue weighted by molar-refractivity contribution is -0.0135. The zero-order valence-corrected chi connectivity index (χ0v) is 12.9. The maximum absolute atomic E-state index is 5.79. The molecule has 2 N–H and O–H groups in total. The number of rotatable bonds is 4. The van der Waals surface area contributed by atoms with Crippen LogP contribution in [0.5, 0.6) is 0 Å². The number of nitrogens with zero attached hydrogens (tertiary/aromatic N) is 2. The van der Waals surface area contributed by atoms with E-state index < -0.39 is 0 Å². The van der Waals surface area contributed by atoms with Crippen molar-refractivity contribution in [3.05, 3.63) is 24.3 Å². The first kappa shape index (κ1) is 15.1. The van der Waals surface area contributed by atoms with E-state index in [4.69, 9.17) is 10.5 Å². The quantitative estimate of drug-likeness (QED) is 0.857. The normalized spacial score (nSPS) is 17.4. The Kier molecular flexibility index (Phi) is 4.89. The van der Waals surface area contributed by atoms with Crippen LogP contribution in [0, 0.1) is 0 Å². The number of anilines is 2. The Morgan fingerprint density at radius 3 is 2.20 bits per heavy atom. The van der Waals surface area contributed by atoms with E-state index in [-0.39, 0.29) is 5.60 Å². The van der Waals surface area contributed by atoms with Gasteiger partial charge >= 0.3 is 0 Å². The third kappa shape index (κ3) is 4.69. The van der Waals surface area contributed by atoms with Crippen LogP contribution in [0.15, 0.2) is 24.3 Å². The van der Waals surface area contributed by atoms with E-state index in [0.29, 0.717) is 0 Å². The summed E-state index contributed by atoms with van der Waals surface area (Å²) in [4.78, 5) is 4.89. The molecule has 0 bridgehead atoms. The highest BCUT2D eigenvalue weighted by Crippen LogP contribution is 2.18. The van der Waals surface area contributed by atoms with Crippen molar-refractivity contribution in [3.8, 4) is 0 Å².